The molecule has 36 heavy (non-hydrogen) atoms. The van der Waals surface area contributed by atoms with E-state index in [2.05, 4.69) is 5.32 Å². The Morgan fingerprint density at radius 3 is 2.58 bits per heavy atom. The van der Waals surface area contributed by atoms with Crippen molar-refractivity contribution >= 4 is 22.8 Å². The van der Waals surface area contributed by atoms with Crippen molar-refractivity contribution in [3.8, 4) is 16.9 Å². The van der Waals surface area contributed by atoms with Crippen LogP contribution in [0.25, 0.3) is 22.0 Å². The molecule has 3 aromatic rings. The summed E-state index contributed by atoms with van der Waals surface area (Å²) in [7, 11) is 1.72. The number of aromatic carboxylic acids is 1. The Bertz CT molecular complexity index is 1430. The lowest BCUT2D eigenvalue weighted by atomic mass is 10.0. The number of nitrogens with zero attached hydrogens (tertiary/aromatic N) is 3. The van der Waals surface area contributed by atoms with Gasteiger partial charge in [0, 0.05) is 48.3 Å². The first-order chi connectivity index (χ1) is 17.2. The van der Waals surface area contributed by atoms with Gasteiger partial charge in [-0.15, -0.1) is 0 Å². The summed E-state index contributed by atoms with van der Waals surface area (Å²) in [5.41, 5.74) is 0.818. The van der Waals surface area contributed by atoms with Crippen molar-refractivity contribution in [3.63, 3.8) is 0 Å². The van der Waals surface area contributed by atoms with Crippen LogP contribution in [-0.2, 0) is 17.9 Å². The largest absolute Gasteiger partial charge is 0.477 e. The Kier molecular flexibility index (Phi) is 6.03. The number of aromatic nitrogens is 2. The van der Waals surface area contributed by atoms with Gasteiger partial charge in [0.25, 0.3) is 0 Å². The number of likely N-dealkylation sites (N-methyl/N-ethyl adjacent to an activating group) is 1. The molecule has 1 atom stereocenters. The molecule has 2 aromatic heterocycles. The Balaban J connectivity index is 1.65. The van der Waals surface area contributed by atoms with Crippen LogP contribution in [0.15, 0.2) is 35.4 Å². The molecule has 5 rings (SSSR count). The molecule has 0 spiro atoms. The fraction of sp³-hybridized carbons (Fsp3) is 0.400. The lowest BCUT2D eigenvalue weighted by Crippen LogP contribution is -2.46. The van der Waals surface area contributed by atoms with Crippen LogP contribution in [0.5, 0.6) is 5.75 Å². The van der Waals surface area contributed by atoms with Gasteiger partial charge in [0.1, 0.15) is 5.56 Å². The lowest BCUT2D eigenvalue weighted by molar-refractivity contribution is -0.134. The van der Waals surface area contributed by atoms with E-state index in [0.29, 0.717) is 30.8 Å². The van der Waals surface area contributed by atoms with Gasteiger partial charge in [-0.05, 0) is 45.0 Å². The second-order valence-corrected chi connectivity index (χ2v) is 9.22. The maximum Gasteiger partial charge on any atom is 0.387 e. The number of fused-ring (bicyclic) bond motifs is 2. The van der Waals surface area contributed by atoms with Gasteiger partial charge in [-0.25, -0.2) is 4.79 Å². The van der Waals surface area contributed by atoms with Crippen molar-refractivity contribution in [2.24, 2.45) is 0 Å². The summed E-state index contributed by atoms with van der Waals surface area (Å²) in [4.78, 5) is 38.9. The molecule has 1 fully saturated rings. The number of carbonyl (C=O) groups excluding carboxylic acids is 1. The minimum Gasteiger partial charge on any atom is -0.477 e. The minimum absolute atomic E-state index is 0.0167. The molecular formula is C25H26F2N4O5. The second-order valence-electron chi connectivity index (χ2n) is 9.22. The van der Waals surface area contributed by atoms with Crippen molar-refractivity contribution in [2.75, 3.05) is 13.6 Å². The summed E-state index contributed by atoms with van der Waals surface area (Å²) in [6, 6.07) is 4.38. The number of pyridine rings is 1. The molecule has 3 heterocycles. The van der Waals surface area contributed by atoms with E-state index in [1.807, 2.05) is 16.8 Å². The van der Waals surface area contributed by atoms with Gasteiger partial charge < -0.3 is 29.2 Å². The zero-order chi connectivity index (χ0) is 25.7. The summed E-state index contributed by atoms with van der Waals surface area (Å²) >= 11 is 0. The monoisotopic (exact) mass is 500 g/mol. The quantitative estimate of drug-likeness (QED) is 0.517. The topological polar surface area (TPSA) is 106 Å². The number of nitrogens with one attached hydrogen (secondary N) is 1. The summed E-state index contributed by atoms with van der Waals surface area (Å²) in [5, 5.41) is 12.5. The van der Waals surface area contributed by atoms with Crippen molar-refractivity contribution < 1.29 is 28.2 Å². The number of ether oxygens (including phenoxy) is 1. The SMILES string of the molecule is CN[C@@H](C)C(=O)N1CCn2cc(-c3ccc4c(=O)c(C(=O)O)cn(C5CC5)c4c3OC(F)F)cc2C1. The highest BCUT2D eigenvalue weighted by molar-refractivity contribution is 5.97. The molecule has 2 aliphatic rings. The van der Waals surface area contributed by atoms with Crippen LogP contribution in [0.1, 0.15) is 41.9 Å². The lowest BCUT2D eigenvalue weighted by Gasteiger charge is -2.30. The van der Waals surface area contributed by atoms with Crippen molar-refractivity contribution in [1.82, 2.24) is 19.4 Å². The normalized spacial score (nSPS) is 16.3. The fourth-order valence-electron chi connectivity index (χ4n) is 4.78. The van der Waals surface area contributed by atoms with Gasteiger partial charge in [-0.1, -0.05) is 0 Å². The Labute approximate surface area is 204 Å². The Morgan fingerprint density at radius 1 is 1.19 bits per heavy atom. The molecule has 0 unspecified atom stereocenters. The number of carbonyl (C=O) groups is 2. The molecule has 1 amide bonds. The third-order valence-corrected chi connectivity index (χ3v) is 6.90. The molecule has 0 radical (unpaired) electrons. The summed E-state index contributed by atoms with van der Waals surface area (Å²) in [6.45, 7) is 0.0797. The predicted molar refractivity (Wildman–Crippen MR) is 127 cm³/mol. The molecule has 11 heteroatoms. The Morgan fingerprint density at radius 2 is 1.94 bits per heavy atom. The maximum absolute atomic E-state index is 13.6. The average molecular weight is 501 g/mol. The van der Waals surface area contributed by atoms with E-state index in [1.54, 1.807) is 23.4 Å². The molecule has 1 aliphatic heterocycles. The number of alkyl halides is 2. The third kappa shape index (κ3) is 4.13. The van der Waals surface area contributed by atoms with Crippen LogP contribution in [0.2, 0.25) is 0 Å². The molecule has 1 aromatic carbocycles. The second kappa shape index (κ2) is 9.05. The van der Waals surface area contributed by atoms with Crippen molar-refractivity contribution in [3.05, 3.63) is 52.1 Å². The fourth-order valence-corrected chi connectivity index (χ4v) is 4.78. The number of carboxylic acid groups (broad SMARTS) is 1. The number of amides is 1. The van der Waals surface area contributed by atoms with Gasteiger partial charge in [-0.2, -0.15) is 8.78 Å². The molecule has 9 nitrogen and oxygen atoms in total. The van der Waals surface area contributed by atoms with E-state index < -0.39 is 23.6 Å². The van der Waals surface area contributed by atoms with E-state index in [9.17, 15) is 28.3 Å². The molecule has 2 N–H and O–H groups in total. The van der Waals surface area contributed by atoms with Gasteiger partial charge in [-0.3, -0.25) is 9.59 Å². The maximum atomic E-state index is 13.6. The van der Waals surface area contributed by atoms with Crippen LogP contribution in [0.3, 0.4) is 0 Å². The first-order valence-corrected chi connectivity index (χ1v) is 11.7. The average Bonchev–Trinajstić information content (AvgIpc) is 3.60. The van der Waals surface area contributed by atoms with E-state index in [1.165, 1.54) is 18.3 Å². The molecular weight excluding hydrogens is 474 g/mol. The number of halogens is 2. The zero-order valence-electron chi connectivity index (χ0n) is 19.8. The van der Waals surface area contributed by atoms with E-state index in [-0.39, 0.29) is 34.6 Å². The van der Waals surface area contributed by atoms with E-state index in [4.69, 9.17) is 4.74 Å². The molecule has 0 bridgehead atoms. The van der Waals surface area contributed by atoms with Gasteiger partial charge in [0.15, 0.2) is 5.75 Å². The number of carboxylic acids is 1. The van der Waals surface area contributed by atoms with Crippen LogP contribution < -0.4 is 15.5 Å². The van der Waals surface area contributed by atoms with Gasteiger partial charge >= 0.3 is 12.6 Å². The van der Waals surface area contributed by atoms with Crippen molar-refractivity contribution in [2.45, 2.75) is 51.6 Å². The smallest absolute Gasteiger partial charge is 0.387 e. The summed E-state index contributed by atoms with van der Waals surface area (Å²) in [5.74, 6) is -1.56. The Hall–Kier alpha value is -3.73. The van der Waals surface area contributed by atoms with Crippen LogP contribution in [0.4, 0.5) is 8.78 Å². The van der Waals surface area contributed by atoms with E-state index >= 15 is 0 Å². The zero-order valence-corrected chi connectivity index (χ0v) is 19.8. The van der Waals surface area contributed by atoms with Crippen molar-refractivity contribution in [1.29, 1.82) is 0 Å². The number of hydrogen-bond donors (Lipinski definition) is 2. The highest BCUT2D eigenvalue weighted by Crippen LogP contribution is 2.43. The van der Waals surface area contributed by atoms with Crippen LogP contribution in [-0.4, -0.2) is 57.3 Å². The first-order valence-electron chi connectivity index (χ1n) is 11.7. The molecule has 0 saturated heterocycles. The van der Waals surface area contributed by atoms with Crippen LogP contribution >= 0.6 is 0 Å². The number of rotatable bonds is 7. The first kappa shape index (κ1) is 24.0. The molecule has 1 aliphatic carbocycles. The summed E-state index contributed by atoms with van der Waals surface area (Å²) in [6.07, 6.45) is 4.53. The van der Waals surface area contributed by atoms with E-state index in [0.717, 1.165) is 18.5 Å². The summed E-state index contributed by atoms with van der Waals surface area (Å²) < 4.78 is 35.8. The van der Waals surface area contributed by atoms with Crippen LogP contribution in [0, 0.1) is 0 Å². The van der Waals surface area contributed by atoms with Gasteiger partial charge in [0.05, 0.1) is 23.5 Å². The van der Waals surface area contributed by atoms with Gasteiger partial charge in [0.2, 0.25) is 11.3 Å². The number of benzene rings is 1. The highest BCUT2D eigenvalue weighted by atomic mass is 19.3. The molecule has 1 saturated carbocycles. The molecule has 190 valence electrons. The standard InChI is InChI=1S/C25H26F2N4O5/c1-13(28-2)23(33)30-8-7-29-10-14(9-16(29)11-30)17-5-6-18-20(22(17)36-25(26)27)31(15-3-4-15)12-19(21(18)32)24(34)35/h5-6,9-10,12-13,15,25,28H,3-4,7-8,11H2,1-2H3,(H,34,35)/t13-/m0/s1. The highest BCUT2D eigenvalue weighted by Gasteiger charge is 2.31. The third-order valence-electron chi connectivity index (χ3n) is 6.90. The predicted octanol–water partition coefficient (Wildman–Crippen LogP) is 3.05. The minimum atomic E-state index is -3.15. The number of hydrogen-bond acceptors (Lipinski definition) is 5.